The molecule has 4 heterocycles. The van der Waals surface area contributed by atoms with E-state index in [1.54, 1.807) is 39.8 Å². The van der Waals surface area contributed by atoms with Crippen molar-refractivity contribution in [3.05, 3.63) is 341 Å². The fourth-order valence-corrected chi connectivity index (χ4v) is 18.3. The van der Waals surface area contributed by atoms with E-state index in [1.807, 2.05) is 100 Å². The Balaban J connectivity index is 0.000000169. The van der Waals surface area contributed by atoms with Crippen molar-refractivity contribution in [1.29, 1.82) is 10.5 Å². The second kappa shape index (κ2) is 28.4. The molecule has 8 nitrogen and oxygen atoms in total. The van der Waals surface area contributed by atoms with Crippen molar-refractivity contribution in [1.82, 2.24) is 18.3 Å². The van der Waals surface area contributed by atoms with Crippen LogP contribution in [0.2, 0.25) is 0 Å². The fourth-order valence-electron chi connectivity index (χ4n) is 18.3. The van der Waals surface area contributed by atoms with E-state index in [2.05, 4.69) is 201 Å². The van der Waals surface area contributed by atoms with Gasteiger partial charge < -0.3 is 18.3 Å². The van der Waals surface area contributed by atoms with Crippen LogP contribution in [-0.2, 0) is 12.4 Å². The molecule has 0 saturated carbocycles. The molecule has 4 aromatic heterocycles. The predicted molar refractivity (Wildman–Crippen MR) is 470 cm³/mol. The minimum absolute atomic E-state index is 0.0426. The van der Waals surface area contributed by atoms with E-state index in [9.17, 15) is 10.5 Å². The van der Waals surface area contributed by atoms with Crippen molar-refractivity contribution in [3.8, 4) is 79.4 Å². The third kappa shape index (κ3) is 12.3. The van der Waals surface area contributed by atoms with Gasteiger partial charge in [0.05, 0.1) is 109 Å². The van der Waals surface area contributed by atoms with Crippen molar-refractivity contribution in [2.75, 3.05) is 0 Å². The molecule has 118 heavy (non-hydrogen) atoms. The molecule has 0 saturated heterocycles. The van der Waals surface area contributed by atoms with Gasteiger partial charge in [-0.25, -0.2) is 9.69 Å². The van der Waals surface area contributed by atoms with Crippen LogP contribution in [-0.4, -0.2) is 18.3 Å². The van der Waals surface area contributed by atoms with Crippen LogP contribution in [0.15, 0.2) is 218 Å². The molecule has 18 aromatic rings. The number of nitriles is 2. The highest BCUT2D eigenvalue weighted by molar-refractivity contribution is 6.15. The molecule has 0 aliphatic heterocycles. The van der Waals surface area contributed by atoms with Gasteiger partial charge in [-0.15, -0.1) is 0 Å². The Morgan fingerprint density at radius 3 is 0.780 bits per heavy atom. The normalized spacial score (nSPS) is 11.9. The Kier molecular flexibility index (Phi) is 18.4. The first-order chi connectivity index (χ1) is 56.4. The Hall–Kier alpha value is -14.2. The number of aromatic nitrogens is 4. The lowest BCUT2D eigenvalue weighted by atomic mass is 9.84. The van der Waals surface area contributed by atoms with E-state index < -0.39 is 23.5 Å². The van der Waals surface area contributed by atoms with Crippen molar-refractivity contribution < 1.29 is 26.3 Å². The molecule has 14 heteroatoms. The van der Waals surface area contributed by atoms with Gasteiger partial charge in [0.2, 0.25) is 0 Å². The summed E-state index contributed by atoms with van der Waals surface area (Å²) in [4.78, 5) is 7.75. The van der Waals surface area contributed by atoms with Gasteiger partial charge in [-0.3, -0.25) is 0 Å². The summed E-state index contributed by atoms with van der Waals surface area (Å²) in [5, 5.41) is 28.5. The van der Waals surface area contributed by atoms with Gasteiger partial charge in [-0.05, 0) is 282 Å². The second-order valence-electron chi connectivity index (χ2n) is 31.8. The lowest BCUT2D eigenvalue weighted by molar-refractivity contribution is -0.138. The average molecular weight is 1550 g/mol. The summed E-state index contributed by atoms with van der Waals surface area (Å²) in [6.07, 6.45) is -9.45. The SMILES string of the molecule is [C-]#[N+]c1ccc(-c2ccc(-c3c(C)c(C)c(C#N)c(C)c3C(F)(F)F)cc2-n2c3cc(C)ccc3c3ccc(C)cc32)c(-n2c3cc(C)ccc3c3ccc(C)cc32)c1.[C-]#[N+]c1ccc(-n2c3cc(C)ccc3c3ccc(C)cc32)c(-c2ccc(-c3c(C)c(C)c(C#N)c(C)c3C(F)(F)F)cc2-n2c3cc(C)ccc3c3ccc(C)cc32)c1. The molecule has 0 spiro atoms. The van der Waals surface area contributed by atoms with E-state index in [0.717, 1.165) is 165 Å². The quantitative estimate of drug-likeness (QED) is 0.112. The molecular formula is C104H78F6N8. The van der Waals surface area contributed by atoms with Gasteiger partial charge in [-0.2, -0.15) is 36.9 Å². The lowest BCUT2D eigenvalue weighted by Crippen LogP contribution is -2.14. The van der Waals surface area contributed by atoms with E-state index >= 15 is 26.3 Å². The molecule has 0 fully saturated rings. The van der Waals surface area contributed by atoms with Gasteiger partial charge in [0.15, 0.2) is 11.4 Å². The molecular weight excluding hydrogens is 1480 g/mol. The number of rotatable bonds is 8. The lowest BCUT2D eigenvalue weighted by Gasteiger charge is -2.24. The topological polar surface area (TPSA) is 76.0 Å². The van der Waals surface area contributed by atoms with E-state index in [0.29, 0.717) is 56.1 Å². The second-order valence-corrected chi connectivity index (χ2v) is 31.8. The van der Waals surface area contributed by atoms with E-state index in [-0.39, 0.29) is 33.4 Å². The maximum Gasteiger partial charge on any atom is 0.417 e. The number of hydrogen-bond acceptors (Lipinski definition) is 2. The van der Waals surface area contributed by atoms with Gasteiger partial charge >= 0.3 is 12.4 Å². The zero-order valence-electron chi connectivity index (χ0n) is 67.6. The maximum absolute atomic E-state index is 15.3. The molecule has 0 aliphatic carbocycles. The summed E-state index contributed by atoms with van der Waals surface area (Å²) >= 11 is 0. The highest BCUT2D eigenvalue weighted by Crippen LogP contribution is 2.52. The van der Waals surface area contributed by atoms with Crippen LogP contribution >= 0.6 is 0 Å². The van der Waals surface area contributed by atoms with Gasteiger partial charge in [0, 0.05) is 65.5 Å². The molecule has 14 aromatic carbocycles. The van der Waals surface area contributed by atoms with Crippen LogP contribution in [0, 0.1) is 133 Å². The number of hydrogen-bond donors (Lipinski definition) is 0. The number of nitrogens with zero attached hydrogens (tertiary/aromatic N) is 8. The molecule has 0 radical (unpaired) electrons. The molecule has 0 aliphatic rings. The van der Waals surface area contributed by atoms with Crippen LogP contribution in [0.1, 0.15) is 100 Å². The molecule has 0 bridgehead atoms. The number of alkyl halides is 6. The molecule has 0 atom stereocenters. The summed E-state index contributed by atoms with van der Waals surface area (Å²) in [7, 11) is 0. The minimum Gasteiger partial charge on any atom is -0.310 e. The summed E-state index contributed by atoms with van der Waals surface area (Å²) in [6, 6.07) is 77.6. The first-order valence-electron chi connectivity index (χ1n) is 39.0. The fraction of sp³-hybridized carbons (Fsp3) is 0.154. The van der Waals surface area contributed by atoms with Crippen LogP contribution in [0.3, 0.4) is 0 Å². The van der Waals surface area contributed by atoms with Gasteiger partial charge in [-0.1, -0.05) is 140 Å². The molecule has 0 N–H and O–H groups in total. The van der Waals surface area contributed by atoms with Crippen LogP contribution in [0.4, 0.5) is 37.7 Å². The molecule has 0 amide bonds. The van der Waals surface area contributed by atoms with Crippen molar-refractivity contribution >= 4 is 98.6 Å². The zero-order chi connectivity index (χ0) is 83.3. The Bertz CT molecular complexity index is 7390. The number of fused-ring (bicyclic) bond motifs is 12. The maximum atomic E-state index is 15.3. The van der Waals surface area contributed by atoms with E-state index in [4.69, 9.17) is 13.1 Å². The van der Waals surface area contributed by atoms with Crippen molar-refractivity contribution in [2.24, 2.45) is 0 Å². The first-order valence-corrected chi connectivity index (χ1v) is 39.0. The number of aryl methyl sites for hydroxylation is 8. The minimum atomic E-state index is -4.73. The molecule has 18 rings (SSSR count). The van der Waals surface area contributed by atoms with Crippen LogP contribution in [0.25, 0.3) is 164 Å². The summed E-state index contributed by atoms with van der Waals surface area (Å²) < 4.78 is 101. The van der Waals surface area contributed by atoms with Gasteiger partial charge in [0.25, 0.3) is 0 Å². The third-order valence-electron chi connectivity index (χ3n) is 24.1. The zero-order valence-corrected chi connectivity index (χ0v) is 67.6. The Labute approximate surface area is 679 Å². The highest BCUT2D eigenvalue weighted by Gasteiger charge is 2.41. The molecule has 0 unspecified atom stereocenters. The summed E-state index contributed by atoms with van der Waals surface area (Å²) in [6.45, 7) is 42.2. The summed E-state index contributed by atoms with van der Waals surface area (Å²) in [5.74, 6) is 0. The van der Waals surface area contributed by atoms with Crippen molar-refractivity contribution in [3.63, 3.8) is 0 Å². The summed E-state index contributed by atoms with van der Waals surface area (Å²) in [5.41, 5.74) is 24.3. The number of benzene rings is 14. The Morgan fingerprint density at radius 1 is 0.263 bits per heavy atom. The average Bonchev–Trinajstić information content (AvgIpc) is 1.51. The third-order valence-corrected chi connectivity index (χ3v) is 24.1. The standard InChI is InChI=1S/2C52H39F3N4/c1-28-9-15-37-38-16-10-29(2)22-46(38)58(45(37)21-28)44-20-14-36(57-8)26-42(44)41-19-13-35(50-33(6)32(5)43(27-56)34(7)51(50)52(53,54)55)25-49(41)59-47-23-30(3)11-17-39(47)40-18-12-31(4)24-48(40)59;1-28-9-15-37-38-16-10-29(2)22-45(38)58(44(37)21-28)48-25-35(50-33(6)32(5)43(27-56)34(7)51(50)52(53,54)55)13-19-41(48)42-20-14-36(57-8)26-49(42)59-46-23-30(3)11-17-39(46)40-18-12-31(4)24-47(40)59/h2*9-26H,1-7H3. The largest absolute Gasteiger partial charge is 0.417 e. The number of halogens is 6. The van der Waals surface area contributed by atoms with Crippen LogP contribution < -0.4 is 0 Å². The Morgan fingerprint density at radius 2 is 0.508 bits per heavy atom. The monoisotopic (exact) mass is 1550 g/mol. The smallest absolute Gasteiger partial charge is 0.310 e. The molecule has 576 valence electrons. The van der Waals surface area contributed by atoms with Gasteiger partial charge in [0.1, 0.15) is 0 Å². The van der Waals surface area contributed by atoms with E-state index in [1.165, 1.54) is 13.8 Å². The van der Waals surface area contributed by atoms with Crippen molar-refractivity contribution in [2.45, 2.75) is 109 Å². The highest BCUT2D eigenvalue weighted by atomic mass is 19.4. The van der Waals surface area contributed by atoms with Crippen LogP contribution in [0.5, 0.6) is 0 Å². The predicted octanol–water partition coefficient (Wildman–Crippen LogP) is 29.6. The first kappa shape index (κ1) is 76.5.